The van der Waals surface area contributed by atoms with Gasteiger partial charge in [-0.25, -0.2) is 14.2 Å². The molecular weight excluding hydrogens is 371 g/mol. The van der Waals surface area contributed by atoms with Crippen molar-refractivity contribution in [2.75, 3.05) is 19.8 Å². The summed E-state index contributed by atoms with van der Waals surface area (Å²) in [5, 5.41) is 11.8. The number of hydrogen-bond donors (Lipinski definition) is 2. The summed E-state index contributed by atoms with van der Waals surface area (Å²) in [6.07, 6.45) is 0.747. The van der Waals surface area contributed by atoms with Gasteiger partial charge in [0.2, 0.25) is 12.0 Å². The van der Waals surface area contributed by atoms with Gasteiger partial charge in [0.05, 0.1) is 19.8 Å². The summed E-state index contributed by atoms with van der Waals surface area (Å²) in [5.74, 6) is -1.75. The molecule has 3 rings (SSSR count). The third-order valence-electron chi connectivity index (χ3n) is 3.99. The lowest BCUT2D eigenvalue weighted by atomic mass is 10.2. The van der Waals surface area contributed by atoms with Crippen LogP contribution < -0.4 is 14.8 Å². The highest BCUT2D eigenvalue weighted by Gasteiger charge is 2.22. The molecule has 2 aromatic rings. The van der Waals surface area contributed by atoms with Crippen molar-refractivity contribution in [3.63, 3.8) is 0 Å². The molecule has 1 aliphatic rings. The Kier molecular flexibility index (Phi) is 6.38. The van der Waals surface area contributed by atoms with Crippen LogP contribution in [0.25, 0.3) is 0 Å². The third kappa shape index (κ3) is 5.40. The number of nitrogens with zero attached hydrogens (tertiary/aromatic N) is 1. The van der Waals surface area contributed by atoms with E-state index in [-0.39, 0.29) is 24.0 Å². The Balaban J connectivity index is 1.58. The summed E-state index contributed by atoms with van der Waals surface area (Å²) in [5.41, 5.74) is 0.273. The number of carboxylic acid groups (broad SMARTS) is 1. The monoisotopic (exact) mass is 390 g/mol. The molecule has 2 heterocycles. The molecule has 0 radical (unpaired) electrons. The van der Waals surface area contributed by atoms with Crippen molar-refractivity contribution in [2.24, 2.45) is 0 Å². The number of halogens is 1. The normalized spacial score (nSPS) is 17.0. The zero-order valence-corrected chi connectivity index (χ0v) is 14.8. The van der Waals surface area contributed by atoms with Gasteiger partial charge < -0.3 is 24.6 Å². The summed E-state index contributed by atoms with van der Waals surface area (Å²) in [7, 11) is 0. The van der Waals surface area contributed by atoms with Crippen LogP contribution in [0.1, 0.15) is 16.8 Å². The molecule has 8 nitrogen and oxygen atoms in total. The molecule has 148 valence electrons. The van der Waals surface area contributed by atoms with Crippen molar-refractivity contribution < 1.29 is 33.3 Å². The fraction of sp³-hybridized carbons (Fsp3) is 0.316. The van der Waals surface area contributed by atoms with Crippen LogP contribution in [-0.4, -0.2) is 53.9 Å². The van der Waals surface area contributed by atoms with Crippen molar-refractivity contribution in [3.8, 4) is 11.6 Å². The molecule has 0 spiro atoms. The van der Waals surface area contributed by atoms with E-state index >= 15 is 0 Å². The first-order chi connectivity index (χ1) is 13.5. The standard InChI is InChI=1S/C19H19FN2O6/c20-13-1-3-14(4-2-13)27-16(19(24)25)10-22-18(23)12-5-7-21-17(9-12)28-15-6-8-26-11-15/h1-5,7,9,15-16H,6,8,10-11H2,(H,22,23)(H,24,25). The van der Waals surface area contributed by atoms with Gasteiger partial charge in [-0.05, 0) is 30.3 Å². The van der Waals surface area contributed by atoms with Crippen LogP contribution in [0.15, 0.2) is 42.6 Å². The molecule has 0 aliphatic carbocycles. The fourth-order valence-corrected chi connectivity index (χ4v) is 2.54. The highest BCUT2D eigenvalue weighted by molar-refractivity contribution is 5.94. The highest BCUT2D eigenvalue weighted by atomic mass is 19.1. The predicted molar refractivity (Wildman–Crippen MR) is 94.9 cm³/mol. The van der Waals surface area contributed by atoms with E-state index in [0.29, 0.717) is 19.1 Å². The predicted octanol–water partition coefficient (Wildman–Crippen LogP) is 1.65. The molecule has 0 bridgehead atoms. The van der Waals surface area contributed by atoms with Crippen LogP contribution in [0.3, 0.4) is 0 Å². The van der Waals surface area contributed by atoms with Crippen molar-refractivity contribution in [1.29, 1.82) is 0 Å². The van der Waals surface area contributed by atoms with Crippen LogP contribution in [0.5, 0.6) is 11.6 Å². The average Bonchev–Trinajstić information content (AvgIpc) is 3.19. The zero-order chi connectivity index (χ0) is 19.9. The minimum Gasteiger partial charge on any atom is -0.478 e. The first-order valence-corrected chi connectivity index (χ1v) is 8.65. The van der Waals surface area contributed by atoms with Crippen LogP contribution in [-0.2, 0) is 9.53 Å². The van der Waals surface area contributed by atoms with E-state index in [1.54, 1.807) is 0 Å². The van der Waals surface area contributed by atoms with Crippen molar-refractivity contribution in [3.05, 3.63) is 54.0 Å². The van der Waals surface area contributed by atoms with Gasteiger partial charge >= 0.3 is 5.97 Å². The van der Waals surface area contributed by atoms with Crippen LogP contribution in [0.4, 0.5) is 4.39 Å². The molecule has 0 saturated carbocycles. The summed E-state index contributed by atoms with van der Waals surface area (Å²) in [6, 6.07) is 7.90. The van der Waals surface area contributed by atoms with Crippen molar-refractivity contribution >= 4 is 11.9 Å². The first kappa shape index (κ1) is 19.6. The lowest BCUT2D eigenvalue weighted by molar-refractivity contribution is -0.144. The smallest absolute Gasteiger partial charge is 0.346 e. The zero-order valence-electron chi connectivity index (χ0n) is 14.8. The van der Waals surface area contributed by atoms with Gasteiger partial charge in [0.15, 0.2) is 0 Å². The molecule has 2 unspecified atom stereocenters. The summed E-state index contributed by atoms with van der Waals surface area (Å²) in [6.45, 7) is 0.815. The molecule has 1 saturated heterocycles. The number of rotatable bonds is 8. The maximum atomic E-state index is 12.9. The van der Waals surface area contributed by atoms with Crippen molar-refractivity contribution in [1.82, 2.24) is 10.3 Å². The largest absolute Gasteiger partial charge is 0.478 e. The molecule has 1 aliphatic heterocycles. The number of aliphatic carboxylic acids is 1. The number of ether oxygens (including phenoxy) is 3. The second-order valence-electron chi connectivity index (χ2n) is 6.09. The SMILES string of the molecule is O=C(NCC(Oc1ccc(F)cc1)C(=O)O)c1ccnc(OC2CCOC2)c1. The maximum Gasteiger partial charge on any atom is 0.346 e. The number of pyridine rings is 1. The van der Waals surface area contributed by atoms with E-state index in [0.717, 1.165) is 18.6 Å². The van der Waals surface area contributed by atoms with E-state index in [1.165, 1.54) is 30.5 Å². The lowest BCUT2D eigenvalue weighted by Crippen LogP contribution is -2.40. The number of carbonyl (C=O) groups excluding carboxylic acids is 1. The Hall–Kier alpha value is -3.20. The van der Waals surface area contributed by atoms with E-state index in [2.05, 4.69) is 10.3 Å². The molecule has 1 aromatic heterocycles. The number of benzene rings is 1. The van der Waals surface area contributed by atoms with E-state index in [9.17, 15) is 19.1 Å². The number of nitrogens with one attached hydrogen (secondary N) is 1. The molecule has 1 amide bonds. The van der Waals surface area contributed by atoms with Gasteiger partial charge in [0, 0.05) is 24.2 Å². The Bertz CT molecular complexity index is 823. The first-order valence-electron chi connectivity index (χ1n) is 8.65. The molecule has 9 heteroatoms. The number of amides is 1. The van der Waals surface area contributed by atoms with Gasteiger partial charge in [-0.3, -0.25) is 4.79 Å². The molecule has 1 aromatic carbocycles. The minimum absolute atomic E-state index is 0.105. The molecule has 2 atom stereocenters. The average molecular weight is 390 g/mol. The quantitative estimate of drug-likeness (QED) is 0.706. The lowest BCUT2D eigenvalue weighted by Gasteiger charge is -2.16. The number of hydrogen-bond acceptors (Lipinski definition) is 6. The van der Waals surface area contributed by atoms with E-state index < -0.39 is 23.8 Å². The fourth-order valence-electron chi connectivity index (χ4n) is 2.54. The second kappa shape index (κ2) is 9.14. The summed E-state index contributed by atoms with van der Waals surface area (Å²) in [4.78, 5) is 27.8. The molecule has 1 fully saturated rings. The van der Waals surface area contributed by atoms with Gasteiger partial charge in [-0.15, -0.1) is 0 Å². The second-order valence-corrected chi connectivity index (χ2v) is 6.09. The third-order valence-corrected chi connectivity index (χ3v) is 3.99. The Morgan fingerprint density at radius 2 is 2.11 bits per heavy atom. The highest BCUT2D eigenvalue weighted by Crippen LogP contribution is 2.16. The Morgan fingerprint density at radius 3 is 2.79 bits per heavy atom. The van der Waals surface area contributed by atoms with Crippen LogP contribution in [0.2, 0.25) is 0 Å². The van der Waals surface area contributed by atoms with E-state index in [1.807, 2.05) is 0 Å². The van der Waals surface area contributed by atoms with Crippen LogP contribution >= 0.6 is 0 Å². The van der Waals surface area contributed by atoms with Gasteiger partial charge in [-0.1, -0.05) is 0 Å². The molecule has 28 heavy (non-hydrogen) atoms. The summed E-state index contributed by atoms with van der Waals surface area (Å²) < 4.78 is 29.1. The minimum atomic E-state index is -1.33. The number of carbonyl (C=O) groups is 2. The topological polar surface area (TPSA) is 107 Å². The Morgan fingerprint density at radius 1 is 1.32 bits per heavy atom. The number of carboxylic acids is 1. The van der Waals surface area contributed by atoms with Crippen LogP contribution in [0, 0.1) is 5.82 Å². The Labute approximate surface area is 160 Å². The number of aromatic nitrogens is 1. The molecular formula is C19H19FN2O6. The summed E-state index contributed by atoms with van der Waals surface area (Å²) >= 11 is 0. The van der Waals surface area contributed by atoms with Gasteiger partial charge in [-0.2, -0.15) is 0 Å². The van der Waals surface area contributed by atoms with Gasteiger partial charge in [0.25, 0.3) is 5.91 Å². The molecule has 2 N–H and O–H groups in total. The maximum absolute atomic E-state index is 12.9. The van der Waals surface area contributed by atoms with Gasteiger partial charge in [0.1, 0.15) is 17.7 Å². The van der Waals surface area contributed by atoms with Crippen molar-refractivity contribution in [2.45, 2.75) is 18.6 Å². The van der Waals surface area contributed by atoms with E-state index in [4.69, 9.17) is 14.2 Å².